The first-order valence-electron chi connectivity index (χ1n) is 10.1. The van der Waals surface area contributed by atoms with Crippen LogP contribution in [0, 0.1) is 25.5 Å². The van der Waals surface area contributed by atoms with Gasteiger partial charge in [-0.25, -0.2) is 18.4 Å². The number of aromatic nitrogens is 4. The number of nitrogens with one attached hydrogen (secondary N) is 1. The van der Waals surface area contributed by atoms with Crippen molar-refractivity contribution >= 4 is 11.6 Å². The van der Waals surface area contributed by atoms with E-state index in [0.29, 0.717) is 42.7 Å². The van der Waals surface area contributed by atoms with E-state index in [-0.39, 0.29) is 18.2 Å². The number of aryl methyl sites for hydroxylation is 2. The van der Waals surface area contributed by atoms with Gasteiger partial charge in [-0.2, -0.15) is 10.1 Å². The van der Waals surface area contributed by atoms with Crippen molar-refractivity contribution in [2.45, 2.75) is 33.2 Å². The van der Waals surface area contributed by atoms with Crippen molar-refractivity contribution in [2.75, 3.05) is 24.5 Å². The van der Waals surface area contributed by atoms with Gasteiger partial charge >= 0.3 is 0 Å². The number of anilines is 1. The van der Waals surface area contributed by atoms with Crippen LogP contribution in [0.25, 0.3) is 5.95 Å². The molecule has 1 N–H and O–H groups in total. The first-order valence-corrected chi connectivity index (χ1v) is 10.1. The smallest absolute Gasteiger partial charge is 0.252 e. The molecule has 4 rings (SSSR count). The van der Waals surface area contributed by atoms with E-state index in [9.17, 15) is 13.6 Å². The number of hydrogen-bond donors (Lipinski definition) is 1. The molecule has 0 radical (unpaired) electrons. The van der Waals surface area contributed by atoms with E-state index in [1.165, 1.54) is 12.1 Å². The molecule has 9 heteroatoms. The molecule has 1 aliphatic heterocycles. The summed E-state index contributed by atoms with van der Waals surface area (Å²) >= 11 is 0. The molecule has 1 aromatic carbocycles. The normalized spacial score (nSPS) is 16.5. The van der Waals surface area contributed by atoms with Gasteiger partial charge in [0.2, 0.25) is 0 Å². The van der Waals surface area contributed by atoms with Gasteiger partial charge in [-0.05, 0) is 38.5 Å². The highest BCUT2D eigenvalue weighted by molar-refractivity contribution is 5.82. The Kier molecular flexibility index (Phi) is 5.77. The first-order chi connectivity index (χ1) is 14.8. The van der Waals surface area contributed by atoms with Crippen LogP contribution in [-0.4, -0.2) is 51.2 Å². The highest BCUT2D eigenvalue weighted by atomic mass is 19.1. The molecule has 2 aromatic heterocycles. The summed E-state index contributed by atoms with van der Waals surface area (Å²) in [6.45, 7) is 7.15. The molecule has 1 saturated heterocycles. The fourth-order valence-electron chi connectivity index (χ4n) is 3.74. The van der Waals surface area contributed by atoms with Gasteiger partial charge in [-0.3, -0.25) is 4.79 Å². The van der Waals surface area contributed by atoms with E-state index in [0.717, 1.165) is 17.5 Å². The number of ketones is 1. The second-order valence-corrected chi connectivity index (χ2v) is 7.83. The second kappa shape index (κ2) is 8.50. The summed E-state index contributed by atoms with van der Waals surface area (Å²) in [5.74, 6) is -0.164. The SMILES string of the molecule is CC(=O)[C@@H]1CN(c2cc(Cc3ccc(F)cc3F)nc(-n3nc(C)cc3C)n2)CCN1. The molecule has 3 aromatic rings. The largest absolute Gasteiger partial charge is 0.353 e. The Balaban J connectivity index is 1.75. The minimum Gasteiger partial charge on any atom is -0.353 e. The standard InChI is InChI=1S/C22H24F2N6O/c1-13-8-14(2)30(28-13)22-26-18(9-16-4-5-17(23)10-19(16)24)11-21(27-22)29-7-6-25-20(12-29)15(3)31/h4-5,8,10-11,20,25H,6-7,9,12H2,1-3H3/t20-/m0/s1. The summed E-state index contributed by atoms with van der Waals surface area (Å²) in [7, 11) is 0. The number of carbonyl (C=O) groups is 1. The summed E-state index contributed by atoms with van der Waals surface area (Å²) in [6.07, 6.45) is 0.177. The molecule has 7 nitrogen and oxygen atoms in total. The zero-order valence-electron chi connectivity index (χ0n) is 17.7. The molecule has 1 aliphatic rings. The summed E-state index contributed by atoms with van der Waals surface area (Å²) in [5.41, 5.74) is 2.62. The molecule has 1 fully saturated rings. The van der Waals surface area contributed by atoms with E-state index in [4.69, 9.17) is 4.98 Å². The van der Waals surface area contributed by atoms with Gasteiger partial charge < -0.3 is 10.2 Å². The van der Waals surface area contributed by atoms with Crippen LogP contribution < -0.4 is 10.2 Å². The lowest BCUT2D eigenvalue weighted by Crippen LogP contribution is -2.54. The van der Waals surface area contributed by atoms with Gasteiger partial charge in [0.25, 0.3) is 5.95 Å². The van der Waals surface area contributed by atoms with Crippen LogP contribution >= 0.6 is 0 Å². The number of nitrogens with zero attached hydrogens (tertiary/aromatic N) is 5. The lowest BCUT2D eigenvalue weighted by molar-refractivity contribution is -0.118. The highest BCUT2D eigenvalue weighted by Gasteiger charge is 2.25. The van der Waals surface area contributed by atoms with Gasteiger partial charge in [-0.15, -0.1) is 0 Å². The van der Waals surface area contributed by atoms with Crippen LogP contribution in [0.2, 0.25) is 0 Å². The van der Waals surface area contributed by atoms with Gasteiger partial charge in [0.1, 0.15) is 23.2 Å². The predicted octanol–water partition coefficient (Wildman–Crippen LogP) is 2.52. The Morgan fingerprint density at radius 2 is 2.00 bits per heavy atom. The van der Waals surface area contributed by atoms with Crippen LogP contribution in [0.4, 0.5) is 14.6 Å². The Morgan fingerprint density at radius 1 is 1.19 bits per heavy atom. The molecule has 31 heavy (non-hydrogen) atoms. The minimum atomic E-state index is -0.621. The van der Waals surface area contributed by atoms with Crippen LogP contribution in [-0.2, 0) is 11.2 Å². The maximum atomic E-state index is 14.3. The predicted molar refractivity (Wildman–Crippen MR) is 112 cm³/mol. The number of piperazine rings is 1. The van der Waals surface area contributed by atoms with Crippen molar-refractivity contribution in [3.8, 4) is 5.95 Å². The number of benzene rings is 1. The Hall–Kier alpha value is -3.20. The van der Waals surface area contributed by atoms with Crippen molar-refractivity contribution < 1.29 is 13.6 Å². The fraction of sp³-hybridized carbons (Fsp3) is 0.364. The highest BCUT2D eigenvalue weighted by Crippen LogP contribution is 2.21. The third kappa shape index (κ3) is 4.61. The maximum Gasteiger partial charge on any atom is 0.252 e. The first kappa shape index (κ1) is 21.0. The molecular weight excluding hydrogens is 402 g/mol. The summed E-state index contributed by atoms with van der Waals surface area (Å²) in [6, 6.07) is 6.96. The van der Waals surface area contributed by atoms with E-state index in [1.807, 2.05) is 24.8 Å². The number of rotatable bonds is 5. The van der Waals surface area contributed by atoms with E-state index in [2.05, 4.69) is 15.4 Å². The number of Topliss-reactive ketones (excluding diaryl/α,β-unsaturated/α-hetero) is 1. The number of hydrogen-bond acceptors (Lipinski definition) is 6. The topological polar surface area (TPSA) is 75.9 Å². The molecule has 3 heterocycles. The van der Waals surface area contributed by atoms with Crippen molar-refractivity contribution in [1.29, 1.82) is 0 Å². The maximum absolute atomic E-state index is 14.3. The monoisotopic (exact) mass is 426 g/mol. The van der Waals surface area contributed by atoms with Crippen molar-refractivity contribution in [3.05, 3.63) is 64.6 Å². The zero-order valence-corrected chi connectivity index (χ0v) is 17.7. The number of halogens is 2. The molecule has 0 spiro atoms. The fourth-order valence-corrected chi connectivity index (χ4v) is 3.74. The Bertz CT molecular complexity index is 1130. The Labute approximate surface area is 179 Å². The van der Waals surface area contributed by atoms with Crippen molar-refractivity contribution in [1.82, 2.24) is 25.1 Å². The lowest BCUT2D eigenvalue weighted by Gasteiger charge is -2.33. The second-order valence-electron chi connectivity index (χ2n) is 7.83. The van der Waals surface area contributed by atoms with Gasteiger partial charge in [0.05, 0.1) is 17.4 Å². The van der Waals surface area contributed by atoms with Gasteiger partial charge in [0.15, 0.2) is 0 Å². The average molecular weight is 426 g/mol. The summed E-state index contributed by atoms with van der Waals surface area (Å²) < 4.78 is 29.2. The lowest BCUT2D eigenvalue weighted by atomic mass is 10.1. The van der Waals surface area contributed by atoms with Crippen LogP contribution in [0.15, 0.2) is 30.3 Å². The third-order valence-electron chi connectivity index (χ3n) is 5.33. The third-order valence-corrected chi connectivity index (χ3v) is 5.33. The van der Waals surface area contributed by atoms with Crippen LogP contribution in [0.5, 0.6) is 0 Å². The van der Waals surface area contributed by atoms with Gasteiger partial charge in [0, 0.05) is 43.9 Å². The molecule has 0 amide bonds. The van der Waals surface area contributed by atoms with Crippen molar-refractivity contribution in [2.24, 2.45) is 0 Å². The van der Waals surface area contributed by atoms with E-state index < -0.39 is 11.6 Å². The molecule has 0 saturated carbocycles. The summed E-state index contributed by atoms with van der Waals surface area (Å²) in [4.78, 5) is 23.2. The van der Waals surface area contributed by atoms with E-state index in [1.54, 1.807) is 17.7 Å². The number of carbonyl (C=O) groups excluding carboxylic acids is 1. The molecule has 0 bridgehead atoms. The quantitative estimate of drug-likeness (QED) is 0.676. The average Bonchev–Trinajstić information content (AvgIpc) is 3.08. The molecular formula is C22H24F2N6O. The van der Waals surface area contributed by atoms with Gasteiger partial charge in [-0.1, -0.05) is 6.07 Å². The van der Waals surface area contributed by atoms with Crippen molar-refractivity contribution in [3.63, 3.8) is 0 Å². The van der Waals surface area contributed by atoms with E-state index >= 15 is 0 Å². The molecule has 0 aliphatic carbocycles. The molecule has 162 valence electrons. The van der Waals surface area contributed by atoms with Crippen LogP contribution in [0.3, 0.4) is 0 Å². The summed E-state index contributed by atoms with van der Waals surface area (Å²) in [5, 5.41) is 7.68. The zero-order chi connectivity index (χ0) is 22.1. The Morgan fingerprint density at radius 3 is 2.68 bits per heavy atom. The minimum absolute atomic E-state index is 0.0612. The molecule has 0 unspecified atom stereocenters. The molecule has 1 atom stereocenters. The van der Waals surface area contributed by atoms with Crippen LogP contribution in [0.1, 0.15) is 29.6 Å².